The lowest BCUT2D eigenvalue weighted by atomic mass is 10.0. The van der Waals surface area contributed by atoms with Crippen molar-refractivity contribution in [3.05, 3.63) is 41.7 Å². The highest BCUT2D eigenvalue weighted by atomic mass is 19.4. The Bertz CT molecular complexity index is 527. The van der Waals surface area contributed by atoms with Crippen LogP contribution in [0.15, 0.2) is 30.5 Å². The molecule has 0 amide bonds. The van der Waals surface area contributed by atoms with Gasteiger partial charge >= 0.3 is 6.36 Å². The number of halogens is 3. The molecular weight excluding hydrogens is 261 g/mol. The van der Waals surface area contributed by atoms with Crippen molar-refractivity contribution in [1.29, 1.82) is 0 Å². The molecule has 0 aliphatic heterocycles. The van der Waals surface area contributed by atoms with E-state index in [-0.39, 0.29) is 11.8 Å². The lowest BCUT2D eigenvalue weighted by molar-refractivity contribution is -0.274. The van der Waals surface area contributed by atoms with Crippen molar-refractivity contribution in [2.45, 2.75) is 12.4 Å². The molecule has 2 rings (SSSR count). The van der Waals surface area contributed by atoms with Crippen LogP contribution in [0.1, 0.15) is 17.3 Å². The summed E-state index contributed by atoms with van der Waals surface area (Å²) in [6.07, 6.45) is -3.21. The van der Waals surface area contributed by atoms with E-state index >= 15 is 0 Å². The number of rotatable bonds is 4. The fourth-order valence-corrected chi connectivity index (χ4v) is 1.73. The second kappa shape index (κ2) is 5.27. The molecule has 102 valence electrons. The third-order valence-electron chi connectivity index (χ3n) is 2.44. The van der Waals surface area contributed by atoms with Crippen LogP contribution in [0.4, 0.5) is 13.2 Å². The largest absolute Gasteiger partial charge is 0.573 e. The average Bonchev–Trinajstić information content (AvgIpc) is 2.82. The first-order valence-corrected chi connectivity index (χ1v) is 5.38. The summed E-state index contributed by atoms with van der Waals surface area (Å²) in [6.45, 7) is 0. The summed E-state index contributed by atoms with van der Waals surface area (Å²) >= 11 is 0. The number of nitrogens with one attached hydrogen (secondary N) is 2. The Hall–Kier alpha value is -2.09. The summed E-state index contributed by atoms with van der Waals surface area (Å²) in [4.78, 5) is 0. The minimum Gasteiger partial charge on any atom is -0.406 e. The van der Waals surface area contributed by atoms with E-state index < -0.39 is 6.36 Å². The molecule has 8 heteroatoms. The molecule has 1 unspecified atom stereocenters. The van der Waals surface area contributed by atoms with Gasteiger partial charge in [-0.15, -0.1) is 13.2 Å². The van der Waals surface area contributed by atoms with Crippen molar-refractivity contribution in [3.8, 4) is 5.75 Å². The van der Waals surface area contributed by atoms with Gasteiger partial charge in [-0.1, -0.05) is 12.1 Å². The SMILES string of the molecule is CNC(c1cccc(OC(F)(F)F)c1)c1cn[nH]n1. The summed E-state index contributed by atoms with van der Waals surface area (Å²) < 4.78 is 40.4. The molecule has 0 aliphatic carbocycles. The molecule has 0 radical (unpaired) electrons. The molecule has 2 N–H and O–H groups in total. The maximum absolute atomic E-state index is 12.2. The third-order valence-corrected chi connectivity index (χ3v) is 2.44. The van der Waals surface area contributed by atoms with Crippen LogP contribution in [-0.2, 0) is 0 Å². The molecule has 5 nitrogen and oxygen atoms in total. The summed E-state index contributed by atoms with van der Waals surface area (Å²) in [6, 6.07) is 5.35. The summed E-state index contributed by atoms with van der Waals surface area (Å²) in [7, 11) is 1.68. The standard InChI is InChI=1S/C11H11F3N4O/c1-15-10(9-6-16-18-17-9)7-3-2-4-8(5-7)19-11(12,13)14/h2-6,10,15H,1H3,(H,16,17,18). The predicted octanol–water partition coefficient (Wildman–Crippen LogP) is 2.01. The van der Waals surface area contributed by atoms with Crippen molar-refractivity contribution >= 4 is 0 Å². The van der Waals surface area contributed by atoms with Crippen LogP contribution in [-0.4, -0.2) is 28.8 Å². The Morgan fingerprint density at radius 3 is 2.74 bits per heavy atom. The van der Waals surface area contributed by atoms with Gasteiger partial charge in [0.1, 0.15) is 11.4 Å². The van der Waals surface area contributed by atoms with Crippen LogP contribution < -0.4 is 10.1 Å². The molecule has 1 aromatic heterocycles. The number of hydrogen-bond donors (Lipinski definition) is 2. The highest BCUT2D eigenvalue weighted by Crippen LogP contribution is 2.27. The second-order valence-electron chi connectivity index (χ2n) is 3.74. The second-order valence-corrected chi connectivity index (χ2v) is 3.74. The fraction of sp³-hybridized carbons (Fsp3) is 0.273. The Labute approximate surface area is 106 Å². The van der Waals surface area contributed by atoms with E-state index in [9.17, 15) is 13.2 Å². The lowest BCUT2D eigenvalue weighted by Crippen LogP contribution is -2.20. The van der Waals surface area contributed by atoms with E-state index in [2.05, 4.69) is 25.5 Å². The normalized spacial score (nSPS) is 13.3. The van der Waals surface area contributed by atoms with Gasteiger partial charge in [0.05, 0.1) is 12.2 Å². The number of alkyl halides is 3. The molecule has 0 saturated carbocycles. The first-order chi connectivity index (χ1) is 8.99. The zero-order valence-electron chi connectivity index (χ0n) is 9.90. The first kappa shape index (κ1) is 13.3. The minimum absolute atomic E-state index is 0.270. The Kier molecular flexibility index (Phi) is 3.70. The molecule has 1 heterocycles. The van der Waals surface area contributed by atoms with Crippen LogP contribution in [0.5, 0.6) is 5.75 Å². The zero-order chi connectivity index (χ0) is 13.9. The summed E-state index contributed by atoms with van der Waals surface area (Å²) in [5.41, 5.74) is 1.17. The van der Waals surface area contributed by atoms with Gasteiger partial charge in [0, 0.05) is 0 Å². The minimum atomic E-state index is -4.71. The van der Waals surface area contributed by atoms with E-state index in [0.29, 0.717) is 11.3 Å². The van der Waals surface area contributed by atoms with Crippen molar-refractivity contribution in [1.82, 2.24) is 20.7 Å². The van der Waals surface area contributed by atoms with Gasteiger partial charge in [-0.25, -0.2) is 0 Å². The highest BCUT2D eigenvalue weighted by Gasteiger charge is 2.31. The van der Waals surface area contributed by atoms with Crippen molar-refractivity contribution in [2.24, 2.45) is 0 Å². The molecule has 0 bridgehead atoms. The van der Waals surface area contributed by atoms with Crippen LogP contribution in [0.3, 0.4) is 0 Å². The van der Waals surface area contributed by atoms with Crippen LogP contribution in [0, 0.1) is 0 Å². The van der Waals surface area contributed by atoms with E-state index in [1.54, 1.807) is 13.1 Å². The van der Waals surface area contributed by atoms with E-state index in [0.717, 1.165) is 0 Å². The van der Waals surface area contributed by atoms with Gasteiger partial charge in [0.2, 0.25) is 0 Å². The van der Waals surface area contributed by atoms with Crippen molar-refractivity contribution in [3.63, 3.8) is 0 Å². The quantitative estimate of drug-likeness (QED) is 0.893. The molecular formula is C11H11F3N4O. The number of aromatic amines is 1. The fourth-order valence-electron chi connectivity index (χ4n) is 1.73. The number of ether oxygens (including phenoxy) is 1. The average molecular weight is 272 g/mol. The predicted molar refractivity (Wildman–Crippen MR) is 60.4 cm³/mol. The molecule has 0 spiro atoms. The van der Waals surface area contributed by atoms with Gasteiger partial charge in [0.25, 0.3) is 0 Å². The van der Waals surface area contributed by atoms with Gasteiger partial charge < -0.3 is 10.1 Å². The third kappa shape index (κ3) is 3.44. The molecule has 1 atom stereocenters. The van der Waals surface area contributed by atoms with Crippen LogP contribution in [0.25, 0.3) is 0 Å². The van der Waals surface area contributed by atoms with Crippen LogP contribution >= 0.6 is 0 Å². The molecule has 19 heavy (non-hydrogen) atoms. The number of aromatic nitrogens is 3. The molecule has 0 fully saturated rings. The maximum atomic E-state index is 12.2. The van der Waals surface area contributed by atoms with Crippen LogP contribution in [0.2, 0.25) is 0 Å². The zero-order valence-corrected chi connectivity index (χ0v) is 9.90. The smallest absolute Gasteiger partial charge is 0.406 e. The topological polar surface area (TPSA) is 62.8 Å². The lowest BCUT2D eigenvalue weighted by Gasteiger charge is -2.15. The number of hydrogen-bond acceptors (Lipinski definition) is 4. The van der Waals surface area contributed by atoms with Gasteiger partial charge in [-0.2, -0.15) is 15.4 Å². The summed E-state index contributed by atoms with van der Waals surface area (Å²) in [5.74, 6) is -0.270. The summed E-state index contributed by atoms with van der Waals surface area (Å²) in [5, 5.41) is 13.0. The van der Waals surface area contributed by atoms with Gasteiger partial charge in [-0.3, -0.25) is 0 Å². The van der Waals surface area contributed by atoms with Crippen molar-refractivity contribution < 1.29 is 17.9 Å². The van der Waals surface area contributed by atoms with E-state index in [1.165, 1.54) is 24.4 Å². The highest BCUT2D eigenvalue weighted by molar-refractivity contribution is 5.34. The Morgan fingerprint density at radius 2 is 2.16 bits per heavy atom. The Balaban J connectivity index is 2.27. The Morgan fingerprint density at radius 1 is 1.37 bits per heavy atom. The van der Waals surface area contributed by atoms with E-state index in [1.807, 2.05) is 0 Å². The maximum Gasteiger partial charge on any atom is 0.573 e. The van der Waals surface area contributed by atoms with Gasteiger partial charge in [0.15, 0.2) is 0 Å². The molecule has 0 aliphatic rings. The van der Waals surface area contributed by atoms with E-state index in [4.69, 9.17) is 0 Å². The monoisotopic (exact) mass is 272 g/mol. The molecule has 2 aromatic rings. The number of benzene rings is 1. The number of nitrogens with zero attached hydrogens (tertiary/aromatic N) is 2. The molecule has 0 saturated heterocycles. The van der Waals surface area contributed by atoms with Gasteiger partial charge in [-0.05, 0) is 24.7 Å². The molecule has 1 aromatic carbocycles. The van der Waals surface area contributed by atoms with Crippen molar-refractivity contribution in [2.75, 3.05) is 7.05 Å². The number of H-pyrrole nitrogens is 1. The first-order valence-electron chi connectivity index (χ1n) is 5.38.